The fourth-order valence-electron chi connectivity index (χ4n) is 5.10. The first-order chi connectivity index (χ1) is 34.5. The summed E-state index contributed by atoms with van der Waals surface area (Å²) in [4.78, 5) is 52.3. The van der Waals surface area contributed by atoms with Crippen molar-refractivity contribution >= 4 is 39.2 Å². The van der Waals surface area contributed by atoms with Gasteiger partial charge in [-0.1, -0.05) is 56.3 Å². The average molecular weight is 1040 g/mol. The Kier molecular flexibility index (Phi) is 26.2. The number of hydrogen-bond acceptors (Lipinski definition) is 19. The number of ether oxygens (including phenoxy) is 3. The van der Waals surface area contributed by atoms with Crippen molar-refractivity contribution in [2.75, 3.05) is 19.8 Å². The van der Waals surface area contributed by atoms with Gasteiger partial charge in [-0.2, -0.15) is 16.8 Å². The van der Waals surface area contributed by atoms with Crippen molar-refractivity contribution in [3.8, 4) is 11.5 Å². The van der Waals surface area contributed by atoms with Gasteiger partial charge >= 0.3 is 39.2 Å². The first-order valence-electron chi connectivity index (χ1n) is 20.9. The Balaban J connectivity index is 0.000000250. The average Bonchev–Trinajstić information content (AvgIpc) is 3.91. The number of imidazole rings is 1. The normalized spacial score (nSPS) is 10.3. The van der Waals surface area contributed by atoms with Crippen LogP contribution in [0.15, 0.2) is 165 Å². The SMILES string of the molecule is O=C(O)Cc1cccnc1.O=C(OCCc1cccnc1)OCc1ccc(OS(=O)(=O)F)cc1.O=C(OCCc1cccnc1)n1ccnc1.O=S(=O)(F)Oc1ccc(CO)cc1.OCCc1cccnc1. The lowest BCUT2D eigenvalue weighted by molar-refractivity contribution is -0.136. The Bertz CT molecular complexity index is 2830. The highest BCUT2D eigenvalue weighted by molar-refractivity contribution is 7.82. The molecular weight excluding hydrogens is 991 g/mol. The van der Waals surface area contributed by atoms with Gasteiger partial charge in [0.05, 0.1) is 26.2 Å². The van der Waals surface area contributed by atoms with Crippen LogP contribution in [-0.2, 0) is 78.9 Å². The number of benzene rings is 2. The lowest BCUT2D eigenvalue weighted by Crippen LogP contribution is -2.13. The van der Waals surface area contributed by atoms with Gasteiger partial charge in [0.25, 0.3) is 0 Å². The van der Waals surface area contributed by atoms with Gasteiger partial charge in [0.2, 0.25) is 0 Å². The summed E-state index contributed by atoms with van der Waals surface area (Å²) in [6.45, 7) is 0.455. The molecule has 0 atom stereocenters. The molecule has 0 fully saturated rings. The molecule has 7 aromatic rings. The maximum absolute atomic E-state index is 12.3. The molecular formula is C47H48F2N6O15S2. The lowest BCUT2D eigenvalue weighted by Gasteiger charge is -2.07. The van der Waals surface area contributed by atoms with Crippen molar-refractivity contribution in [2.45, 2.75) is 38.9 Å². The predicted octanol–water partition coefficient (Wildman–Crippen LogP) is 6.17. The molecule has 382 valence electrons. The van der Waals surface area contributed by atoms with Gasteiger partial charge in [-0.05, 0) is 88.3 Å². The van der Waals surface area contributed by atoms with E-state index in [0.717, 1.165) is 22.3 Å². The van der Waals surface area contributed by atoms with Gasteiger partial charge in [-0.15, -0.1) is 0 Å². The highest BCUT2D eigenvalue weighted by Gasteiger charge is 2.11. The summed E-state index contributed by atoms with van der Waals surface area (Å²) in [5, 5.41) is 25.5. The molecule has 0 amide bonds. The molecule has 5 heterocycles. The fraction of sp³-hybridized carbons (Fsp3) is 0.191. The number of halogens is 2. The first kappa shape index (κ1) is 58.1. The van der Waals surface area contributed by atoms with E-state index >= 15 is 0 Å². The fourth-order valence-corrected chi connectivity index (χ4v) is 5.78. The Morgan fingerprint density at radius 2 is 0.972 bits per heavy atom. The zero-order valence-corrected chi connectivity index (χ0v) is 39.6. The van der Waals surface area contributed by atoms with Gasteiger partial charge in [-0.3, -0.25) is 24.7 Å². The summed E-state index contributed by atoms with van der Waals surface area (Å²) in [7, 11) is -10.0. The number of rotatable bonds is 17. The molecule has 0 radical (unpaired) electrons. The zero-order chi connectivity index (χ0) is 52.5. The van der Waals surface area contributed by atoms with E-state index in [1.54, 1.807) is 74.0 Å². The van der Waals surface area contributed by atoms with Crippen molar-refractivity contribution in [3.05, 3.63) is 199 Å². The second-order valence-electron chi connectivity index (χ2n) is 13.9. The summed E-state index contributed by atoms with van der Waals surface area (Å²) >= 11 is 0. The standard InChI is InChI=1S/C15H14FNO6S.C11H11N3O2.C7H7FO4S.C7H7NO2.C7H9NO/c16-24(19,20)23-14-5-3-13(4-6-14)11-22-15(18)21-9-7-12-2-1-8-17-10-12;15-11(14-6-5-13-9-14)16-7-3-10-2-1-4-12-8-10;8-13(10,11)12-7-3-1-6(5-9)2-4-7;9-7(10)4-6-2-1-3-8-5-6;9-5-3-7-2-1-4-8-6-7/h1-6,8,10H,7,9,11H2;1-2,4-6,8-9H,3,7H2;1-4,9H,5H2;1-3,5H,4H2,(H,9,10);1-2,4,6,9H,3,5H2. The maximum atomic E-state index is 12.3. The van der Waals surface area contributed by atoms with E-state index in [0.29, 0.717) is 37.0 Å². The third-order valence-corrected chi connectivity index (χ3v) is 9.15. The van der Waals surface area contributed by atoms with Crippen molar-refractivity contribution < 1.29 is 76.9 Å². The number of nitrogens with zero attached hydrogens (tertiary/aromatic N) is 6. The van der Waals surface area contributed by atoms with Crippen LogP contribution in [0, 0.1) is 0 Å². The number of aromatic nitrogens is 6. The Labute approximate surface area is 413 Å². The smallest absolute Gasteiger partial charge is 0.481 e. The molecule has 0 saturated carbocycles. The van der Waals surface area contributed by atoms with Gasteiger partial charge in [0, 0.05) is 81.4 Å². The van der Waals surface area contributed by atoms with Gasteiger partial charge < -0.3 is 37.9 Å². The third-order valence-electron chi connectivity index (χ3n) is 8.37. The second kappa shape index (κ2) is 32.5. The van der Waals surface area contributed by atoms with E-state index < -0.39 is 39.2 Å². The van der Waals surface area contributed by atoms with E-state index in [-0.39, 0.29) is 44.3 Å². The van der Waals surface area contributed by atoms with Gasteiger partial charge in [0.15, 0.2) is 0 Å². The zero-order valence-electron chi connectivity index (χ0n) is 37.9. The molecule has 25 heteroatoms. The van der Waals surface area contributed by atoms with Crippen LogP contribution in [0.2, 0.25) is 0 Å². The summed E-state index contributed by atoms with van der Waals surface area (Å²) in [5.41, 5.74) is 4.94. The van der Waals surface area contributed by atoms with Crippen LogP contribution in [0.3, 0.4) is 0 Å². The number of hydrogen-bond donors (Lipinski definition) is 3. The molecule has 0 bridgehead atoms. The molecule has 0 aliphatic heterocycles. The minimum atomic E-state index is -5.06. The largest absolute Gasteiger partial charge is 0.508 e. The molecule has 2 aromatic carbocycles. The monoisotopic (exact) mass is 1040 g/mol. The predicted molar refractivity (Wildman–Crippen MR) is 252 cm³/mol. The maximum Gasteiger partial charge on any atom is 0.508 e. The molecule has 7 rings (SSSR count). The Morgan fingerprint density at radius 1 is 0.528 bits per heavy atom. The van der Waals surface area contributed by atoms with E-state index in [1.165, 1.54) is 65.6 Å². The third kappa shape index (κ3) is 27.7. The summed E-state index contributed by atoms with van der Waals surface area (Å²) < 4.78 is 89.1. The molecule has 0 spiro atoms. The van der Waals surface area contributed by atoms with Crippen LogP contribution >= 0.6 is 0 Å². The lowest BCUT2D eigenvalue weighted by atomic mass is 10.2. The number of carbonyl (C=O) groups excluding carboxylic acids is 2. The van der Waals surface area contributed by atoms with E-state index in [2.05, 4.69) is 33.3 Å². The van der Waals surface area contributed by atoms with Crippen LogP contribution in [0.4, 0.5) is 17.4 Å². The molecule has 3 N–H and O–H groups in total. The topological polar surface area (TPSA) is 296 Å². The summed E-state index contributed by atoms with van der Waals surface area (Å²) in [6, 6.07) is 25.4. The minimum Gasteiger partial charge on any atom is -0.481 e. The molecule has 0 saturated heterocycles. The Hall–Kier alpha value is -8.26. The highest BCUT2D eigenvalue weighted by Crippen LogP contribution is 2.16. The van der Waals surface area contributed by atoms with Crippen LogP contribution in [-0.4, -0.2) is 99.7 Å². The number of pyridine rings is 4. The summed E-state index contributed by atoms with van der Waals surface area (Å²) in [5.74, 6) is -1.13. The summed E-state index contributed by atoms with van der Waals surface area (Å²) in [6.07, 6.45) is 18.6. The van der Waals surface area contributed by atoms with E-state index in [4.69, 9.17) is 29.5 Å². The van der Waals surface area contributed by atoms with Crippen molar-refractivity contribution in [1.29, 1.82) is 0 Å². The van der Waals surface area contributed by atoms with E-state index in [1.807, 2.05) is 30.3 Å². The van der Waals surface area contributed by atoms with Crippen LogP contribution in [0.1, 0.15) is 33.4 Å². The quantitative estimate of drug-likeness (QED) is 0.0678. The Morgan fingerprint density at radius 3 is 1.36 bits per heavy atom. The molecule has 72 heavy (non-hydrogen) atoms. The van der Waals surface area contributed by atoms with Crippen molar-refractivity contribution in [2.24, 2.45) is 0 Å². The second-order valence-corrected chi connectivity index (χ2v) is 15.8. The molecule has 21 nitrogen and oxygen atoms in total. The number of carboxylic acids is 1. The van der Waals surface area contributed by atoms with Crippen LogP contribution in [0.25, 0.3) is 0 Å². The molecule has 5 aromatic heterocycles. The number of aliphatic hydroxyl groups excluding tert-OH is 2. The number of carboxylic acid groups (broad SMARTS) is 1. The van der Waals surface area contributed by atoms with Crippen LogP contribution in [0.5, 0.6) is 11.5 Å². The van der Waals surface area contributed by atoms with Gasteiger partial charge in [-0.25, -0.2) is 19.1 Å². The number of aliphatic carboxylic acids is 1. The number of aliphatic hydroxyl groups is 2. The van der Waals surface area contributed by atoms with Crippen molar-refractivity contribution in [3.63, 3.8) is 0 Å². The van der Waals surface area contributed by atoms with Gasteiger partial charge in [0.1, 0.15) is 24.4 Å². The minimum absolute atomic E-state index is 0.0494. The molecule has 0 unspecified atom stereocenters. The van der Waals surface area contributed by atoms with E-state index in [9.17, 15) is 39.0 Å². The first-order valence-corrected chi connectivity index (χ1v) is 23.5. The molecule has 0 aliphatic carbocycles. The van der Waals surface area contributed by atoms with Crippen molar-refractivity contribution in [1.82, 2.24) is 29.5 Å². The highest BCUT2D eigenvalue weighted by atomic mass is 32.3. The molecule has 0 aliphatic rings. The van der Waals surface area contributed by atoms with Crippen LogP contribution < -0.4 is 8.37 Å². The number of carbonyl (C=O) groups is 3.